The largest absolute Gasteiger partial charge is 0.496 e. The van der Waals surface area contributed by atoms with E-state index in [-0.39, 0.29) is 22.7 Å². The Bertz CT molecular complexity index is 969. The number of hydrogen-bond acceptors (Lipinski definition) is 5. The first-order valence-corrected chi connectivity index (χ1v) is 8.38. The number of ether oxygens (including phenoxy) is 1. The molecule has 0 heterocycles. The molecule has 2 aromatic carbocycles. The molecule has 27 heavy (non-hydrogen) atoms. The highest BCUT2D eigenvalue weighted by Gasteiger charge is 2.17. The number of carbonyl (C=O) groups excluding carboxylic acids is 1. The average molecular weight is 364 g/mol. The molecule has 0 fully saturated rings. The second-order valence-corrected chi connectivity index (χ2v) is 6.41. The molecule has 0 unspecified atom stereocenters. The number of carbonyl (C=O) groups is 1. The van der Waals surface area contributed by atoms with Gasteiger partial charge >= 0.3 is 0 Å². The van der Waals surface area contributed by atoms with Crippen LogP contribution in [0.3, 0.4) is 0 Å². The fourth-order valence-electron chi connectivity index (χ4n) is 2.72. The first kappa shape index (κ1) is 19.9. The highest BCUT2D eigenvalue weighted by atomic mass is 16.6. The minimum atomic E-state index is -0.574. The Morgan fingerprint density at radius 2 is 2.00 bits per heavy atom. The third kappa shape index (κ3) is 4.39. The third-order valence-corrected chi connectivity index (χ3v) is 4.22. The molecule has 0 radical (unpaired) electrons. The standard InChI is InChI=1S/C21H20N2O4/c1-13(2)19-11-16(14(3)8-20(19)27-4)9-17(12-22)21(24)15-6-5-7-18(10-15)23(25)26/h5-11,13H,1-4H3/b17-9+. The molecule has 0 N–H and O–H groups in total. The van der Waals surface area contributed by atoms with E-state index in [1.807, 2.05) is 39.0 Å². The molecule has 0 aliphatic carbocycles. The van der Waals surface area contributed by atoms with Crippen LogP contribution in [-0.2, 0) is 0 Å². The van der Waals surface area contributed by atoms with Gasteiger partial charge in [0, 0.05) is 17.7 Å². The maximum atomic E-state index is 12.7. The first-order chi connectivity index (χ1) is 12.8. The van der Waals surface area contributed by atoms with Crippen LogP contribution < -0.4 is 4.74 Å². The number of nitro groups is 1. The van der Waals surface area contributed by atoms with Crippen LogP contribution in [0.1, 0.15) is 46.8 Å². The van der Waals surface area contributed by atoms with Crippen molar-refractivity contribution in [2.24, 2.45) is 0 Å². The molecule has 0 saturated heterocycles. The van der Waals surface area contributed by atoms with E-state index in [0.717, 1.165) is 22.4 Å². The van der Waals surface area contributed by atoms with Gasteiger partial charge in [0.1, 0.15) is 17.4 Å². The molecule has 0 aromatic heterocycles. The van der Waals surface area contributed by atoms with E-state index in [1.54, 1.807) is 7.11 Å². The summed E-state index contributed by atoms with van der Waals surface area (Å²) in [5.74, 6) is 0.399. The summed E-state index contributed by atoms with van der Waals surface area (Å²) in [6.07, 6.45) is 1.52. The lowest BCUT2D eigenvalue weighted by Gasteiger charge is -2.15. The van der Waals surface area contributed by atoms with E-state index in [2.05, 4.69) is 0 Å². The Kier molecular flexibility index (Phi) is 6.09. The number of non-ortho nitro benzene ring substituents is 1. The molecule has 0 aliphatic heterocycles. The van der Waals surface area contributed by atoms with Gasteiger partial charge in [0.05, 0.1) is 12.0 Å². The van der Waals surface area contributed by atoms with Crippen molar-refractivity contribution in [1.82, 2.24) is 0 Å². The van der Waals surface area contributed by atoms with Gasteiger partial charge in [-0.25, -0.2) is 0 Å². The lowest BCUT2D eigenvalue weighted by molar-refractivity contribution is -0.384. The zero-order valence-corrected chi connectivity index (χ0v) is 15.6. The molecule has 0 atom stereocenters. The molecule has 0 aliphatic rings. The summed E-state index contributed by atoms with van der Waals surface area (Å²) in [6.45, 7) is 5.92. The van der Waals surface area contributed by atoms with Crippen LogP contribution >= 0.6 is 0 Å². The minimum absolute atomic E-state index is 0.0847. The van der Waals surface area contributed by atoms with Crippen molar-refractivity contribution in [2.45, 2.75) is 26.7 Å². The van der Waals surface area contributed by atoms with Crippen LogP contribution in [0.15, 0.2) is 42.0 Å². The molecule has 6 heteroatoms. The number of rotatable bonds is 6. The van der Waals surface area contributed by atoms with E-state index in [9.17, 15) is 20.2 Å². The maximum absolute atomic E-state index is 12.7. The van der Waals surface area contributed by atoms with Gasteiger partial charge in [-0.3, -0.25) is 14.9 Å². The summed E-state index contributed by atoms with van der Waals surface area (Å²) < 4.78 is 5.41. The van der Waals surface area contributed by atoms with E-state index < -0.39 is 10.7 Å². The number of Topliss-reactive ketones (excluding diaryl/α,β-unsaturated/α-hetero) is 1. The van der Waals surface area contributed by atoms with Crippen LogP contribution in [0.4, 0.5) is 5.69 Å². The average Bonchev–Trinajstić information content (AvgIpc) is 2.66. The zero-order valence-electron chi connectivity index (χ0n) is 15.6. The van der Waals surface area contributed by atoms with Crippen molar-refractivity contribution in [3.63, 3.8) is 0 Å². The van der Waals surface area contributed by atoms with Gasteiger partial charge in [0.15, 0.2) is 0 Å². The van der Waals surface area contributed by atoms with Gasteiger partial charge in [-0.1, -0.05) is 26.0 Å². The number of hydrogen-bond donors (Lipinski definition) is 0. The molecule has 0 amide bonds. The lowest BCUT2D eigenvalue weighted by atomic mass is 9.94. The number of benzene rings is 2. The van der Waals surface area contributed by atoms with Gasteiger partial charge in [-0.15, -0.1) is 0 Å². The zero-order chi connectivity index (χ0) is 20.1. The van der Waals surface area contributed by atoms with Crippen molar-refractivity contribution in [3.8, 4) is 11.8 Å². The topological polar surface area (TPSA) is 93.2 Å². The smallest absolute Gasteiger partial charge is 0.270 e. The highest BCUT2D eigenvalue weighted by molar-refractivity contribution is 6.14. The summed E-state index contributed by atoms with van der Waals surface area (Å²) in [5.41, 5.74) is 2.38. The third-order valence-electron chi connectivity index (χ3n) is 4.22. The molecule has 0 bridgehead atoms. The molecule has 0 spiro atoms. The highest BCUT2D eigenvalue weighted by Crippen LogP contribution is 2.31. The van der Waals surface area contributed by atoms with Crippen LogP contribution in [0.5, 0.6) is 5.75 Å². The number of allylic oxidation sites excluding steroid dienone is 1. The van der Waals surface area contributed by atoms with E-state index >= 15 is 0 Å². The molecule has 0 saturated carbocycles. The quantitative estimate of drug-likeness (QED) is 0.241. The molecular weight excluding hydrogens is 344 g/mol. The fourth-order valence-corrected chi connectivity index (χ4v) is 2.72. The van der Waals surface area contributed by atoms with Crippen molar-refractivity contribution < 1.29 is 14.5 Å². The summed E-state index contributed by atoms with van der Waals surface area (Å²) in [7, 11) is 1.60. The van der Waals surface area contributed by atoms with Gasteiger partial charge in [0.2, 0.25) is 5.78 Å². The summed E-state index contributed by atoms with van der Waals surface area (Å²) in [4.78, 5) is 23.0. The summed E-state index contributed by atoms with van der Waals surface area (Å²) in [6, 6.07) is 11.0. The Balaban J connectivity index is 2.51. The summed E-state index contributed by atoms with van der Waals surface area (Å²) >= 11 is 0. The number of ketones is 1. The minimum Gasteiger partial charge on any atom is -0.496 e. The number of aryl methyl sites for hydroxylation is 1. The number of methoxy groups -OCH3 is 1. The Labute approximate surface area is 157 Å². The SMILES string of the molecule is COc1cc(C)c(/C=C(\C#N)C(=O)c2cccc([N+](=O)[O-])c2)cc1C(C)C. The second kappa shape index (κ2) is 8.28. The molecule has 6 nitrogen and oxygen atoms in total. The van der Waals surface area contributed by atoms with Crippen LogP contribution in [0, 0.1) is 28.4 Å². The van der Waals surface area contributed by atoms with Gasteiger partial charge in [-0.2, -0.15) is 5.26 Å². The predicted molar refractivity (Wildman–Crippen MR) is 103 cm³/mol. The Morgan fingerprint density at radius 1 is 1.30 bits per heavy atom. The van der Waals surface area contributed by atoms with E-state index in [0.29, 0.717) is 0 Å². The van der Waals surface area contributed by atoms with E-state index in [4.69, 9.17) is 4.74 Å². The first-order valence-electron chi connectivity index (χ1n) is 8.38. The van der Waals surface area contributed by atoms with Crippen LogP contribution in [0.2, 0.25) is 0 Å². The Hall–Kier alpha value is -3.46. The van der Waals surface area contributed by atoms with Crippen molar-refractivity contribution in [2.75, 3.05) is 7.11 Å². The number of nitro benzene ring substituents is 1. The van der Waals surface area contributed by atoms with Crippen molar-refractivity contribution >= 4 is 17.5 Å². The maximum Gasteiger partial charge on any atom is 0.270 e. The van der Waals surface area contributed by atoms with Gasteiger partial charge in [0.25, 0.3) is 5.69 Å². The Morgan fingerprint density at radius 3 is 2.56 bits per heavy atom. The molecule has 2 rings (SSSR count). The molecule has 2 aromatic rings. The summed E-state index contributed by atoms with van der Waals surface area (Å²) in [5, 5.41) is 20.4. The second-order valence-electron chi connectivity index (χ2n) is 6.41. The fraction of sp³-hybridized carbons (Fsp3) is 0.238. The predicted octanol–water partition coefficient (Wildman–Crippen LogP) is 4.83. The van der Waals surface area contributed by atoms with Crippen LogP contribution in [-0.4, -0.2) is 17.8 Å². The van der Waals surface area contributed by atoms with Gasteiger partial charge < -0.3 is 4.74 Å². The number of nitrogens with zero attached hydrogens (tertiary/aromatic N) is 2. The lowest BCUT2D eigenvalue weighted by Crippen LogP contribution is -2.03. The number of nitriles is 1. The van der Waals surface area contributed by atoms with Crippen molar-refractivity contribution in [3.05, 3.63) is 74.3 Å². The normalized spacial score (nSPS) is 11.2. The monoisotopic (exact) mass is 364 g/mol. The molecule has 138 valence electrons. The van der Waals surface area contributed by atoms with Crippen LogP contribution in [0.25, 0.3) is 6.08 Å². The van der Waals surface area contributed by atoms with Gasteiger partial charge in [-0.05, 0) is 47.7 Å². The molecular formula is C21H20N2O4. The van der Waals surface area contributed by atoms with Crippen molar-refractivity contribution in [1.29, 1.82) is 5.26 Å². The van der Waals surface area contributed by atoms with E-state index in [1.165, 1.54) is 30.3 Å².